The second kappa shape index (κ2) is 34.7. The zero-order chi connectivity index (χ0) is 62.1. The minimum Gasteiger partial charge on any atom is -0.444 e. The number of hydrogen-bond donors (Lipinski definition) is 12. The number of carbonyl (C=O) groups excluding carboxylic acids is 11. The number of carbonyl (C=O) groups is 11. The van der Waals surface area contributed by atoms with Crippen LogP contribution in [-0.2, 0) is 59.0 Å². The van der Waals surface area contributed by atoms with Gasteiger partial charge < -0.3 is 73.3 Å². The number of nitrogens with one attached hydrogen (secondary N) is 9. The van der Waals surface area contributed by atoms with Crippen molar-refractivity contribution in [3.63, 3.8) is 0 Å². The average molecular weight is 1160 g/mol. The summed E-state index contributed by atoms with van der Waals surface area (Å²) in [7, 11) is 0. The summed E-state index contributed by atoms with van der Waals surface area (Å²) < 4.78 is 10.7. The van der Waals surface area contributed by atoms with Gasteiger partial charge in [0.25, 0.3) is 0 Å². The molecule has 1 fully saturated rings. The molecule has 0 aliphatic carbocycles. The molecule has 1 aliphatic rings. The second-order valence-electron chi connectivity index (χ2n) is 23.4. The van der Waals surface area contributed by atoms with Crippen molar-refractivity contribution in [2.24, 2.45) is 23.5 Å². The predicted molar refractivity (Wildman–Crippen MR) is 304 cm³/mol. The van der Waals surface area contributed by atoms with Crippen molar-refractivity contribution in [1.82, 2.24) is 47.9 Å². The molecule has 82 heavy (non-hydrogen) atoms. The fourth-order valence-electron chi connectivity index (χ4n) is 8.74. The normalized spacial score (nSPS) is 23.0. The molecule has 11 atom stereocenters. The van der Waals surface area contributed by atoms with Gasteiger partial charge in [-0.15, -0.1) is 0 Å². The quantitative estimate of drug-likeness (QED) is 0.0877. The van der Waals surface area contributed by atoms with Gasteiger partial charge in [0.15, 0.2) is 11.6 Å². The lowest BCUT2D eigenvalue weighted by Gasteiger charge is -2.28. The Morgan fingerprint density at radius 1 is 0.659 bits per heavy atom. The SMILES string of the molecule is CCC[C@H](NC(=O)[C@@H](N)[C@@H](C)O)C(=O)NC1CCNC(=O)[C@@H]([C@H](C)O)CC(=O)[C@H](CCNC(=O)OC(C)(C)C)NC(=O)[C@H](CCNC(=O)OC(C)(C)C)NC(=O)[C@@H](CC(C)C)CC(=O)[C@@H](Cc2ccccc2)NC(=O)[C@@H](CCC)NC1=O. The number of amides is 9. The first-order valence-corrected chi connectivity index (χ1v) is 28.5. The minimum absolute atomic E-state index is 0.0388. The molecule has 25 heteroatoms. The van der Waals surface area contributed by atoms with Crippen LogP contribution in [0.2, 0.25) is 0 Å². The summed E-state index contributed by atoms with van der Waals surface area (Å²) in [5, 5.41) is 44.7. The third-order valence-electron chi connectivity index (χ3n) is 13.1. The van der Waals surface area contributed by atoms with Crippen LogP contribution < -0.4 is 53.6 Å². The van der Waals surface area contributed by atoms with Crippen LogP contribution in [0.4, 0.5) is 9.59 Å². The zero-order valence-electron chi connectivity index (χ0n) is 50.0. The highest BCUT2D eigenvalue weighted by Crippen LogP contribution is 2.21. The smallest absolute Gasteiger partial charge is 0.407 e. The van der Waals surface area contributed by atoms with Crippen LogP contribution >= 0.6 is 0 Å². The van der Waals surface area contributed by atoms with Crippen LogP contribution in [0.25, 0.3) is 0 Å². The molecule has 1 aromatic rings. The topological polar surface area (TPSA) is 381 Å². The third kappa shape index (κ3) is 26.9. The highest BCUT2D eigenvalue weighted by atomic mass is 16.6. The lowest BCUT2D eigenvalue weighted by molar-refractivity contribution is -0.136. The van der Waals surface area contributed by atoms with Gasteiger partial charge >= 0.3 is 12.2 Å². The predicted octanol–water partition coefficient (Wildman–Crippen LogP) is 1.37. The molecule has 1 heterocycles. The molecule has 0 bridgehead atoms. The largest absolute Gasteiger partial charge is 0.444 e. The van der Waals surface area contributed by atoms with Gasteiger partial charge in [0, 0.05) is 38.4 Å². The Balaban J connectivity index is 2.87. The first-order chi connectivity index (χ1) is 38.2. The van der Waals surface area contributed by atoms with Gasteiger partial charge in [0.1, 0.15) is 41.4 Å². The highest BCUT2D eigenvalue weighted by molar-refractivity contribution is 5.98. The molecule has 0 aromatic heterocycles. The maximum atomic E-state index is 14.7. The molecule has 0 radical (unpaired) electrons. The second-order valence-corrected chi connectivity index (χ2v) is 23.4. The summed E-state index contributed by atoms with van der Waals surface area (Å²) in [4.78, 5) is 154. The molecular formula is C57H94N10O15. The van der Waals surface area contributed by atoms with E-state index in [-0.39, 0.29) is 70.5 Å². The van der Waals surface area contributed by atoms with E-state index in [4.69, 9.17) is 15.2 Å². The first kappa shape index (κ1) is 71.4. The van der Waals surface area contributed by atoms with Gasteiger partial charge in [-0.2, -0.15) is 0 Å². The average Bonchev–Trinajstić information content (AvgIpc) is 3.45. The molecule has 1 saturated heterocycles. The maximum Gasteiger partial charge on any atom is 0.407 e. The summed E-state index contributed by atoms with van der Waals surface area (Å²) in [6.45, 7) is 18.7. The number of ketones is 2. The molecule has 1 unspecified atom stereocenters. The van der Waals surface area contributed by atoms with Gasteiger partial charge in [0.2, 0.25) is 41.4 Å². The van der Waals surface area contributed by atoms with E-state index in [1.807, 2.05) is 13.8 Å². The van der Waals surface area contributed by atoms with Gasteiger partial charge in [-0.25, -0.2) is 9.59 Å². The summed E-state index contributed by atoms with van der Waals surface area (Å²) in [5.41, 5.74) is 4.71. The molecule has 0 spiro atoms. The Morgan fingerprint density at radius 2 is 1.17 bits per heavy atom. The van der Waals surface area contributed by atoms with Crippen molar-refractivity contribution >= 4 is 65.1 Å². The lowest BCUT2D eigenvalue weighted by Crippen LogP contribution is -2.59. The van der Waals surface area contributed by atoms with Gasteiger partial charge in [-0.05, 0) is 112 Å². The molecule has 1 aromatic carbocycles. The Labute approximate surface area is 482 Å². The van der Waals surface area contributed by atoms with Gasteiger partial charge in [0.05, 0.1) is 30.2 Å². The van der Waals surface area contributed by atoms with Crippen molar-refractivity contribution in [2.75, 3.05) is 19.6 Å². The van der Waals surface area contributed by atoms with E-state index in [9.17, 15) is 63.0 Å². The van der Waals surface area contributed by atoms with Gasteiger partial charge in [-0.3, -0.25) is 43.2 Å². The van der Waals surface area contributed by atoms with Crippen molar-refractivity contribution in [3.05, 3.63) is 35.9 Å². The summed E-state index contributed by atoms with van der Waals surface area (Å²) in [5.74, 6) is -10.1. The fourth-order valence-corrected chi connectivity index (χ4v) is 8.74. The summed E-state index contributed by atoms with van der Waals surface area (Å²) >= 11 is 0. The van der Waals surface area contributed by atoms with Crippen molar-refractivity contribution in [3.8, 4) is 0 Å². The Hall–Kier alpha value is -6.73. The van der Waals surface area contributed by atoms with E-state index in [0.717, 1.165) is 0 Å². The van der Waals surface area contributed by atoms with Crippen LogP contribution in [0, 0.1) is 17.8 Å². The standard InChI is InChI=1S/C57H94N10O15/c1-13-18-39-50(75)67-43(29-35-20-16-15-17-21-35)44(70)30-36(28-32(3)4)47(72)63-41(24-27-61-55(80)82-57(10,11)12)51(76)62-38(22-26-60-54(79)81-56(7,8)9)45(71)31-37(33(5)68)48(73)59-25-23-42(52(77)64-39)65-49(74)40(19-14-2)66-53(78)46(58)34(6)69/h15-17,20-21,32-34,36-43,46,68-69H,13-14,18-19,22-31,58H2,1-12H3,(H,59,73)(H,60,79)(H,61,80)(H,62,76)(H,63,72)(H,64,77)(H,65,74)(H,66,78)(H,67,75)/t33-,34+,36-,37+,38-,39+,40-,41-,42?,43+,46-/m0/s1. The van der Waals surface area contributed by atoms with E-state index >= 15 is 0 Å². The lowest BCUT2D eigenvalue weighted by atomic mass is 9.88. The Bertz CT molecular complexity index is 2300. The van der Waals surface area contributed by atoms with Crippen LogP contribution in [0.3, 0.4) is 0 Å². The Morgan fingerprint density at radius 3 is 1.68 bits per heavy atom. The van der Waals surface area contributed by atoms with Crippen LogP contribution in [0.15, 0.2) is 30.3 Å². The summed E-state index contributed by atoms with van der Waals surface area (Å²) in [6, 6.07) is -0.986. The number of benzene rings is 1. The molecule has 0 saturated carbocycles. The van der Waals surface area contributed by atoms with Crippen molar-refractivity contribution in [2.45, 2.75) is 219 Å². The van der Waals surface area contributed by atoms with E-state index in [1.54, 1.807) is 85.7 Å². The monoisotopic (exact) mass is 1160 g/mol. The van der Waals surface area contributed by atoms with E-state index in [1.165, 1.54) is 13.8 Å². The van der Waals surface area contributed by atoms with Crippen LogP contribution in [-0.4, -0.2) is 161 Å². The maximum absolute atomic E-state index is 14.7. The number of aliphatic hydroxyl groups is 2. The van der Waals surface area contributed by atoms with Crippen LogP contribution in [0.5, 0.6) is 0 Å². The van der Waals surface area contributed by atoms with Crippen molar-refractivity contribution in [1.29, 1.82) is 0 Å². The summed E-state index contributed by atoms with van der Waals surface area (Å²) in [6.07, 6.45) is -5.56. The number of Topliss-reactive ketones (excluding diaryl/α,β-unsaturated/α-hetero) is 2. The molecule has 462 valence electrons. The minimum atomic E-state index is -1.52. The number of hydrogen-bond acceptors (Lipinski definition) is 16. The molecule has 9 amide bonds. The molecule has 2 rings (SSSR count). The van der Waals surface area contributed by atoms with E-state index in [0.29, 0.717) is 18.4 Å². The molecular weight excluding hydrogens is 1060 g/mol. The zero-order valence-corrected chi connectivity index (χ0v) is 50.0. The molecule has 1 aliphatic heterocycles. The van der Waals surface area contributed by atoms with E-state index in [2.05, 4.69) is 47.9 Å². The number of aliphatic hydroxyl groups excluding tert-OH is 2. The molecule has 25 nitrogen and oxygen atoms in total. The Kier molecular flexibility index (Phi) is 30.2. The van der Waals surface area contributed by atoms with E-state index < -0.39 is 155 Å². The highest BCUT2D eigenvalue weighted by Gasteiger charge is 2.37. The van der Waals surface area contributed by atoms with Crippen molar-refractivity contribution < 1.29 is 72.4 Å². The number of alkyl carbamates (subject to hydrolysis) is 2. The van der Waals surface area contributed by atoms with Gasteiger partial charge in [-0.1, -0.05) is 70.9 Å². The first-order valence-electron chi connectivity index (χ1n) is 28.5. The number of ether oxygens (including phenoxy) is 2. The number of rotatable bonds is 20. The fraction of sp³-hybridized carbons (Fsp3) is 0.702. The number of nitrogens with two attached hydrogens (primary N) is 1. The third-order valence-corrected chi connectivity index (χ3v) is 13.1. The van der Waals surface area contributed by atoms with Crippen LogP contribution in [0.1, 0.15) is 153 Å². The molecule has 13 N–H and O–H groups in total.